The normalized spacial score (nSPS) is 21.9. The van der Waals surface area contributed by atoms with Gasteiger partial charge in [0.15, 0.2) is 0 Å². The van der Waals surface area contributed by atoms with E-state index in [1.165, 1.54) is 7.11 Å². The summed E-state index contributed by atoms with van der Waals surface area (Å²) in [7, 11) is 1.36. The van der Waals surface area contributed by atoms with Crippen molar-refractivity contribution < 1.29 is 14.3 Å². The molecule has 4 heteroatoms. The Balaban J connectivity index is 0.000000791. The Morgan fingerprint density at radius 1 is 1.57 bits per heavy atom. The summed E-state index contributed by atoms with van der Waals surface area (Å²) in [6.07, 6.45) is 1.87. The van der Waals surface area contributed by atoms with Gasteiger partial charge in [0.2, 0.25) is 0 Å². The quantitative estimate of drug-likeness (QED) is 0.746. The molecule has 1 heterocycles. The second-order valence-electron chi connectivity index (χ2n) is 2.98. The third-order valence-corrected chi connectivity index (χ3v) is 2.05. The van der Waals surface area contributed by atoms with Crippen molar-refractivity contribution >= 4 is 6.09 Å². The number of amides is 1. The van der Waals surface area contributed by atoms with Gasteiger partial charge in [0.25, 0.3) is 0 Å². The summed E-state index contributed by atoms with van der Waals surface area (Å²) in [5, 5.41) is 2.69. The predicted octanol–water partition coefficient (Wildman–Crippen LogP) is 1.94. The minimum Gasteiger partial charge on any atom is -0.453 e. The molecule has 84 valence electrons. The first-order valence-corrected chi connectivity index (χ1v) is 5.20. The van der Waals surface area contributed by atoms with E-state index < -0.39 is 6.09 Å². The van der Waals surface area contributed by atoms with E-state index in [9.17, 15) is 4.79 Å². The van der Waals surface area contributed by atoms with Crippen molar-refractivity contribution in [3.8, 4) is 0 Å². The van der Waals surface area contributed by atoms with Crippen LogP contribution in [0.15, 0.2) is 0 Å². The number of rotatable bonds is 2. The van der Waals surface area contributed by atoms with Crippen LogP contribution in [-0.4, -0.2) is 32.0 Å². The van der Waals surface area contributed by atoms with E-state index in [2.05, 4.69) is 10.1 Å². The molecule has 1 aliphatic rings. The Hall–Kier alpha value is -0.770. The number of methoxy groups -OCH3 is 1. The van der Waals surface area contributed by atoms with Crippen LogP contribution in [0.2, 0.25) is 0 Å². The fourth-order valence-electron chi connectivity index (χ4n) is 1.33. The van der Waals surface area contributed by atoms with Crippen LogP contribution in [0.3, 0.4) is 0 Å². The molecule has 0 aromatic rings. The zero-order chi connectivity index (χ0) is 11.0. The van der Waals surface area contributed by atoms with Crippen LogP contribution < -0.4 is 5.32 Å². The second kappa shape index (κ2) is 7.62. The molecule has 0 saturated carbocycles. The van der Waals surface area contributed by atoms with Crippen molar-refractivity contribution in [2.45, 2.75) is 45.8 Å². The third kappa shape index (κ3) is 4.46. The first kappa shape index (κ1) is 13.2. The van der Waals surface area contributed by atoms with Crippen molar-refractivity contribution in [3.63, 3.8) is 0 Å². The molecule has 1 saturated heterocycles. The fourth-order valence-corrected chi connectivity index (χ4v) is 1.33. The maximum Gasteiger partial charge on any atom is 0.407 e. The molecule has 1 fully saturated rings. The number of hydrogen-bond acceptors (Lipinski definition) is 3. The van der Waals surface area contributed by atoms with E-state index in [1.54, 1.807) is 0 Å². The minimum atomic E-state index is -0.391. The van der Waals surface area contributed by atoms with Gasteiger partial charge in [-0.1, -0.05) is 13.8 Å². The van der Waals surface area contributed by atoms with Crippen LogP contribution >= 0.6 is 0 Å². The molecule has 0 bridgehead atoms. The largest absolute Gasteiger partial charge is 0.453 e. The Bertz CT molecular complexity index is 155. The van der Waals surface area contributed by atoms with Gasteiger partial charge in [0.05, 0.1) is 19.3 Å². The molecule has 0 aliphatic carbocycles. The Kier molecular flexibility index (Phi) is 7.20. The minimum absolute atomic E-state index is 0.0416. The lowest BCUT2D eigenvalue weighted by Gasteiger charge is -2.18. The standard InChI is InChI=1S/C8H15NO3.C2H6/c1-6(9-8(10)11-2)7-4-3-5-12-7;1-2/h6-7H,3-5H2,1-2H3,(H,9,10);1-2H3. The summed E-state index contributed by atoms with van der Waals surface area (Å²) in [6.45, 7) is 6.73. The summed E-state index contributed by atoms with van der Waals surface area (Å²) in [6, 6.07) is 0.0416. The van der Waals surface area contributed by atoms with Crippen molar-refractivity contribution in [1.29, 1.82) is 0 Å². The van der Waals surface area contributed by atoms with Crippen LogP contribution in [-0.2, 0) is 9.47 Å². The van der Waals surface area contributed by atoms with Gasteiger partial charge in [-0.2, -0.15) is 0 Å². The molecule has 2 atom stereocenters. The molecule has 0 spiro atoms. The molecular formula is C10H21NO3. The molecule has 4 nitrogen and oxygen atoms in total. The molecule has 0 aromatic carbocycles. The first-order valence-electron chi connectivity index (χ1n) is 5.20. The Labute approximate surface area is 86.0 Å². The molecule has 1 rings (SSSR count). The first-order chi connectivity index (χ1) is 6.74. The SMILES string of the molecule is CC.COC(=O)NC(C)C1CCCO1. The van der Waals surface area contributed by atoms with E-state index >= 15 is 0 Å². The van der Waals surface area contributed by atoms with E-state index in [4.69, 9.17) is 4.74 Å². The van der Waals surface area contributed by atoms with Gasteiger partial charge in [0, 0.05) is 6.61 Å². The topological polar surface area (TPSA) is 47.6 Å². The summed E-state index contributed by atoms with van der Waals surface area (Å²) < 4.78 is 9.86. The maximum atomic E-state index is 10.8. The number of carbonyl (C=O) groups excluding carboxylic acids is 1. The van der Waals surface area contributed by atoms with Crippen LogP contribution in [0.1, 0.15) is 33.6 Å². The molecule has 1 aliphatic heterocycles. The lowest BCUT2D eigenvalue weighted by atomic mass is 10.1. The van der Waals surface area contributed by atoms with E-state index in [-0.39, 0.29) is 12.1 Å². The summed E-state index contributed by atoms with van der Waals surface area (Å²) in [5.74, 6) is 0. The van der Waals surface area contributed by atoms with Crippen molar-refractivity contribution in [3.05, 3.63) is 0 Å². The lowest BCUT2D eigenvalue weighted by Crippen LogP contribution is -2.40. The van der Waals surface area contributed by atoms with Gasteiger partial charge in [-0.15, -0.1) is 0 Å². The predicted molar refractivity (Wildman–Crippen MR) is 55.3 cm³/mol. The monoisotopic (exact) mass is 203 g/mol. The van der Waals surface area contributed by atoms with Gasteiger partial charge in [-0.25, -0.2) is 4.79 Å². The Morgan fingerprint density at radius 2 is 2.21 bits per heavy atom. The third-order valence-electron chi connectivity index (χ3n) is 2.05. The molecular weight excluding hydrogens is 182 g/mol. The highest BCUT2D eigenvalue weighted by Gasteiger charge is 2.23. The summed E-state index contributed by atoms with van der Waals surface area (Å²) in [4.78, 5) is 10.8. The smallest absolute Gasteiger partial charge is 0.407 e. The second-order valence-corrected chi connectivity index (χ2v) is 2.98. The summed E-state index contributed by atoms with van der Waals surface area (Å²) >= 11 is 0. The van der Waals surface area contributed by atoms with Crippen LogP contribution in [0.25, 0.3) is 0 Å². The number of hydrogen-bond donors (Lipinski definition) is 1. The van der Waals surface area contributed by atoms with Crippen LogP contribution in [0.5, 0.6) is 0 Å². The van der Waals surface area contributed by atoms with Gasteiger partial charge in [-0.05, 0) is 19.8 Å². The fraction of sp³-hybridized carbons (Fsp3) is 0.900. The van der Waals surface area contributed by atoms with Crippen molar-refractivity contribution in [1.82, 2.24) is 5.32 Å². The highest BCUT2D eigenvalue weighted by atomic mass is 16.5. The molecule has 0 radical (unpaired) electrons. The molecule has 2 unspecified atom stereocenters. The van der Waals surface area contributed by atoms with Crippen molar-refractivity contribution in [2.24, 2.45) is 0 Å². The average Bonchev–Trinajstić information content (AvgIpc) is 2.73. The maximum absolute atomic E-state index is 10.8. The zero-order valence-corrected chi connectivity index (χ0v) is 9.50. The summed E-state index contributed by atoms with van der Waals surface area (Å²) in [5.41, 5.74) is 0. The number of nitrogens with one attached hydrogen (secondary N) is 1. The van der Waals surface area contributed by atoms with Crippen LogP contribution in [0, 0.1) is 0 Å². The van der Waals surface area contributed by atoms with Gasteiger partial charge in [-0.3, -0.25) is 0 Å². The van der Waals surface area contributed by atoms with E-state index in [0.717, 1.165) is 19.4 Å². The van der Waals surface area contributed by atoms with Gasteiger partial charge >= 0.3 is 6.09 Å². The number of ether oxygens (including phenoxy) is 2. The van der Waals surface area contributed by atoms with Crippen LogP contribution in [0.4, 0.5) is 4.79 Å². The molecule has 1 amide bonds. The Morgan fingerprint density at radius 3 is 2.64 bits per heavy atom. The lowest BCUT2D eigenvalue weighted by molar-refractivity contribution is 0.0800. The molecule has 14 heavy (non-hydrogen) atoms. The molecule has 1 N–H and O–H groups in total. The zero-order valence-electron chi connectivity index (χ0n) is 9.50. The highest BCUT2D eigenvalue weighted by molar-refractivity contribution is 5.67. The average molecular weight is 203 g/mol. The number of alkyl carbamates (subject to hydrolysis) is 1. The van der Waals surface area contributed by atoms with Gasteiger partial charge < -0.3 is 14.8 Å². The molecule has 0 aromatic heterocycles. The van der Waals surface area contributed by atoms with E-state index in [1.807, 2.05) is 20.8 Å². The highest BCUT2D eigenvalue weighted by Crippen LogP contribution is 2.15. The van der Waals surface area contributed by atoms with Gasteiger partial charge in [0.1, 0.15) is 0 Å². The van der Waals surface area contributed by atoms with E-state index in [0.29, 0.717) is 0 Å². The number of carbonyl (C=O) groups is 1. The van der Waals surface area contributed by atoms with Crippen molar-refractivity contribution in [2.75, 3.05) is 13.7 Å².